The fourth-order valence-electron chi connectivity index (χ4n) is 1.62. The first kappa shape index (κ1) is 15.9. The molecular weight excluding hydrogens is 265 g/mol. The lowest BCUT2D eigenvalue weighted by Gasteiger charge is -2.15. The molecule has 0 fully saturated rings. The summed E-state index contributed by atoms with van der Waals surface area (Å²) in [5, 5.41) is 11.3. The largest absolute Gasteiger partial charge is 0.490 e. The zero-order chi connectivity index (χ0) is 15.0. The second-order valence-electron chi connectivity index (χ2n) is 4.30. The number of halogens is 1. The van der Waals surface area contributed by atoms with E-state index in [4.69, 9.17) is 9.84 Å². The van der Waals surface area contributed by atoms with E-state index in [0.29, 0.717) is 6.42 Å². The molecule has 1 aromatic rings. The van der Waals surface area contributed by atoms with Gasteiger partial charge in [0, 0.05) is 6.04 Å². The van der Waals surface area contributed by atoms with Gasteiger partial charge in [-0.2, -0.15) is 0 Å². The topological polar surface area (TPSA) is 75.6 Å². The minimum Gasteiger partial charge on any atom is -0.490 e. The number of nitrogens with one attached hydrogen (secondary N) is 1. The van der Waals surface area contributed by atoms with Crippen molar-refractivity contribution in [2.75, 3.05) is 6.61 Å². The van der Waals surface area contributed by atoms with Crippen molar-refractivity contribution < 1.29 is 23.8 Å². The minimum atomic E-state index is -0.959. The van der Waals surface area contributed by atoms with Crippen LogP contribution in [0.3, 0.4) is 0 Å². The highest BCUT2D eigenvalue weighted by atomic mass is 19.1. The number of amides is 1. The number of ether oxygens (including phenoxy) is 1. The molecule has 1 atom stereocenters. The Morgan fingerprint density at radius 3 is 2.70 bits per heavy atom. The van der Waals surface area contributed by atoms with Gasteiger partial charge in [-0.25, -0.2) is 4.39 Å². The number of carboxylic acids is 1. The monoisotopic (exact) mass is 283 g/mol. The molecule has 6 heteroatoms. The summed E-state index contributed by atoms with van der Waals surface area (Å²) in [7, 11) is 0. The number of carboxylic acid groups (broad SMARTS) is 1. The van der Waals surface area contributed by atoms with Crippen molar-refractivity contribution in [3.63, 3.8) is 0 Å². The molecule has 0 aromatic heterocycles. The Morgan fingerprint density at radius 1 is 1.40 bits per heavy atom. The summed E-state index contributed by atoms with van der Waals surface area (Å²) in [6.07, 6.45) is 0.465. The molecule has 0 spiro atoms. The highest BCUT2D eigenvalue weighted by Crippen LogP contribution is 2.15. The molecule has 0 radical (unpaired) electrons. The standard InChI is InChI=1S/C14H18FNO4/c1-2-10(9-14(18)19)16-13(17)7-8-20-12-6-4-3-5-11(12)15/h3-6,10H,2,7-9H2,1H3,(H,16,17)(H,18,19). The Hall–Kier alpha value is -2.11. The molecule has 1 aromatic carbocycles. The summed E-state index contributed by atoms with van der Waals surface area (Å²) in [6, 6.07) is 5.54. The van der Waals surface area contributed by atoms with Crippen LogP contribution in [0, 0.1) is 5.82 Å². The summed E-state index contributed by atoms with van der Waals surface area (Å²) in [6.45, 7) is 1.83. The maximum atomic E-state index is 13.2. The van der Waals surface area contributed by atoms with Gasteiger partial charge in [0.15, 0.2) is 11.6 Å². The molecular formula is C14H18FNO4. The average Bonchev–Trinajstić information content (AvgIpc) is 2.39. The number of benzene rings is 1. The van der Waals surface area contributed by atoms with Gasteiger partial charge in [0.1, 0.15) is 0 Å². The van der Waals surface area contributed by atoms with Gasteiger partial charge in [-0.1, -0.05) is 19.1 Å². The molecule has 5 nitrogen and oxygen atoms in total. The fraction of sp³-hybridized carbons (Fsp3) is 0.429. The maximum Gasteiger partial charge on any atom is 0.305 e. The zero-order valence-corrected chi connectivity index (χ0v) is 11.3. The van der Waals surface area contributed by atoms with Gasteiger partial charge < -0.3 is 15.2 Å². The Labute approximate surface area is 116 Å². The summed E-state index contributed by atoms with van der Waals surface area (Å²) >= 11 is 0. The normalized spacial score (nSPS) is 11.7. The molecule has 0 bridgehead atoms. The first-order valence-corrected chi connectivity index (χ1v) is 6.41. The van der Waals surface area contributed by atoms with Gasteiger partial charge in [0.2, 0.25) is 5.91 Å². The predicted octanol–water partition coefficient (Wildman–Crippen LogP) is 1.96. The van der Waals surface area contributed by atoms with Gasteiger partial charge in [-0.15, -0.1) is 0 Å². The molecule has 110 valence electrons. The number of hydrogen-bond donors (Lipinski definition) is 2. The lowest BCUT2D eigenvalue weighted by molar-refractivity contribution is -0.137. The third-order valence-corrected chi connectivity index (χ3v) is 2.70. The van der Waals surface area contributed by atoms with Gasteiger partial charge in [-0.05, 0) is 18.6 Å². The summed E-state index contributed by atoms with van der Waals surface area (Å²) in [5.74, 6) is -1.66. The zero-order valence-electron chi connectivity index (χ0n) is 11.3. The van der Waals surface area contributed by atoms with E-state index in [1.54, 1.807) is 19.1 Å². The van der Waals surface area contributed by atoms with E-state index >= 15 is 0 Å². The Balaban J connectivity index is 2.33. The van der Waals surface area contributed by atoms with E-state index in [1.807, 2.05) is 0 Å². The lowest BCUT2D eigenvalue weighted by atomic mass is 10.1. The van der Waals surface area contributed by atoms with Crippen molar-refractivity contribution in [2.24, 2.45) is 0 Å². The summed E-state index contributed by atoms with van der Waals surface area (Å²) in [4.78, 5) is 22.2. The van der Waals surface area contributed by atoms with Crippen LogP contribution in [0.5, 0.6) is 5.75 Å². The van der Waals surface area contributed by atoms with E-state index in [1.165, 1.54) is 12.1 Å². The van der Waals surface area contributed by atoms with Gasteiger partial charge in [-0.3, -0.25) is 9.59 Å². The van der Waals surface area contributed by atoms with Crippen molar-refractivity contribution >= 4 is 11.9 Å². The minimum absolute atomic E-state index is 0.0380. The SMILES string of the molecule is CCC(CC(=O)O)NC(=O)CCOc1ccccc1F. The number of para-hydroxylation sites is 1. The smallest absolute Gasteiger partial charge is 0.305 e. The Morgan fingerprint density at radius 2 is 2.10 bits per heavy atom. The first-order chi connectivity index (χ1) is 9.52. The molecule has 0 aliphatic heterocycles. The highest BCUT2D eigenvalue weighted by molar-refractivity contribution is 5.77. The van der Waals surface area contributed by atoms with Crippen LogP contribution in [0.2, 0.25) is 0 Å². The van der Waals surface area contributed by atoms with E-state index in [9.17, 15) is 14.0 Å². The van der Waals surface area contributed by atoms with Crippen molar-refractivity contribution in [1.82, 2.24) is 5.32 Å². The quantitative estimate of drug-likeness (QED) is 0.764. The number of rotatable bonds is 8. The molecule has 1 rings (SSSR count). The van der Waals surface area contributed by atoms with Crippen molar-refractivity contribution in [3.8, 4) is 5.75 Å². The summed E-state index contributed by atoms with van der Waals surface area (Å²) in [5.41, 5.74) is 0. The van der Waals surface area contributed by atoms with Crippen LogP contribution in [-0.4, -0.2) is 29.6 Å². The molecule has 20 heavy (non-hydrogen) atoms. The van der Waals surface area contributed by atoms with Crippen LogP contribution in [0.1, 0.15) is 26.2 Å². The lowest BCUT2D eigenvalue weighted by Crippen LogP contribution is -2.36. The van der Waals surface area contributed by atoms with Crippen LogP contribution in [-0.2, 0) is 9.59 Å². The van der Waals surface area contributed by atoms with Crippen LogP contribution in [0.25, 0.3) is 0 Å². The van der Waals surface area contributed by atoms with Crippen LogP contribution in [0.4, 0.5) is 4.39 Å². The average molecular weight is 283 g/mol. The van der Waals surface area contributed by atoms with Gasteiger partial charge in [0.05, 0.1) is 19.4 Å². The molecule has 1 amide bonds. The maximum absolute atomic E-state index is 13.2. The second-order valence-corrected chi connectivity index (χ2v) is 4.30. The molecule has 0 aliphatic rings. The third-order valence-electron chi connectivity index (χ3n) is 2.70. The predicted molar refractivity (Wildman–Crippen MR) is 71.0 cm³/mol. The van der Waals surface area contributed by atoms with Crippen LogP contribution >= 0.6 is 0 Å². The summed E-state index contributed by atoms with van der Waals surface area (Å²) < 4.78 is 18.4. The molecule has 0 aliphatic carbocycles. The first-order valence-electron chi connectivity index (χ1n) is 6.41. The highest BCUT2D eigenvalue weighted by Gasteiger charge is 2.14. The fourth-order valence-corrected chi connectivity index (χ4v) is 1.62. The van der Waals surface area contributed by atoms with Crippen molar-refractivity contribution in [1.29, 1.82) is 0 Å². The van der Waals surface area contributed by atoms with E-state index in [-0.39, 0.29) is 31.1 Å². The van der Waals surface area contributed by atoms with E-state index < -0.39 is 17.8 Å². The number of carbonyl (C=O) groups is 2. The Bertz CT molecular complexity index is 464. The number of aliphatic carboxylic acids is 1. The van der Waals surface area contributed by atoms with Crippen LogP contribution < -0.4 is 10.1 Å². The third kappa shape index (κ3) is 5.69. The molecule has 2 N–H and O–H groups in total. The Kier molecular flexibility index (Phi) is 6.49. The van der Waals surface area contributed by atoms with Gasteiger partial charge in [0.25, 0.3) is 0 Å². The molecule has 0 saturated heterocycles. The number of carbonyl (C=O) groups excluding carboxylic acids is 1. The molecule has 0 heterocycles. The number of hydrogen-bond acceptors (Lipinski definition) is 3. The molecule has 0 saturated carbocycles. The van der Waals surface area contributed by atoms with E-state index in [0.717, 1.165) is 0 Å². The van der Waals surface area contributed by atoms with Gasteiger partial charge >= 0.3 is 5.97 Å². The second kappa shape index (κ2) is 8.14. The van der Waals surface area contributed by atoms with Crippen molar-refractivity contribution in [3.05, 3.63) is 30.1 Å². The van der Waals surface area contributed by atoms with E-state index in [2.05, 4.69) is 5.32 Å². The van der Waals surface area contributed by atoms with Crippen molar-refractivity contribution in [2.45, 2.75) is 32.2 Å². The van der Waals surface area contributed by atoms with Crippen LogP contribution in [0.15, 0.2) is 24.3 Å². The molecule has 1 unspecified atom stereocenters.